The monoisotopic (exact) mass is 382 g/mol. The molecular formula is C21H26N4O3. The zero-order chi connectivity index (χ0) is 19.5. The average molecular weight is 382 g/mol. The lowest BCUT2D eigenvalue weighted by Gasteiger charge is -2.39. The highest BCUT2D eigenvalue weighted by Crippen LogP contribution is 2.28. The number of nitrogens with zero attached hydrogens (tertiary/aromatic N) is 4. The van der Waals surface area contributed by atoms with Crippen LogP contribution in [0.3, 0.4) is 0 Å². The van der Waals surface area contributed by atoms with Gasteiger partial charge in [0.05, 0.1) is 19.3 Å². The predicted octanol–water partition coefficient (Wildman–Crippen LogP) is 2.14. The fraction of sp³-hybridized carbons (Fsp3) is 0.476. The fourth-order valence-electron chi connectivity index (χ4n) is 4.41. The van der Waals surface area contributed by atoms with E-state index in [1.54, 1.807) is 22.0 Å². The number of aromatic nitrogens is 2. The summed E-state index contributed by atoms with van der Waals surface area (Å²) in [4.78, 5) is 28.4. The zero-order valence-corrected chi connectivity index (χ0v) is 15.9. The smallest absolute Gasteiger partial charge is 0.325 e. The Balaban J connectivity index is 1.46. The minimum atomic E-state index is -0.943. The minimum absolute atomic E-state index is 0.0427. The summed E-state index contributed by atoms with van der Waals surface area (Å²) in [5.74, 6) is -0.901. The lowest BCUT2D eigenvalue weighted by Crippen LogP contribution is -2.55. The molecule has 0 spiro atoms. The van der Waals surface area contributed by atoms with Gasteiger partial charge in [-0.1, -0.05) is 43.2 Å². The quantitative estimate of drug-likeness (QED) is 0.828. The van der Waals surface area contributed by atoms with Gasteiger partial charge < -0.3 is 10.0 Å². The SMILES string of the molecule is O=C(O)[C@H](c1cnn(Cc2ccccc2)c1)N1CCN(C2CCCC2)C(=O)C1. The second-order valence-electron chi connectivity index (χ2n) is 7.69. The Morgan fingerprint density at radius 2 is 1.93 bits per heavy atom. The average Bonchev–Trinajstić information content (AvgIpc) is 3.35. The van der Waals surface area contributed by atoms with Gasteiger partial charge in [-0.2, -0.15) is 5.10 Å². The van der Waals surface area contributed by atoms with Gasteiger partial charge in [-0.05, 0) is 18.4 Å². The number of amides is 1. The maximum Gasteiger partial charge on any atom is 0.325 e. The lowest BCUT2D eigenvalue weighted by atomic mass is 10.1. The summed E-state index contributed by atoms with van der Waals surface area (Å²) < 4.78 is 1.75. The van der Waals surface area contributed by atoms with Crippen molar-refractivity contribution in [1.29, 1.82) is 0 Å². The number of aliphatic carboxylic acids is 1. The molecule has 0 unspecified atom stereocenters. The summed E-state index contributed by atoms with van der Waals surface area (Å²) in [6.45, 7) is 1.91. The normalized spacial score (nSPS) is 19.9. The first-order valence-electron chi connectivity index (χ1n) is 9.94. The molecule has 2 fully saturated rings. The van der Waals surface area contributed by atoms with Crippen LogP contribution in [0.2, 0.25) is 0 Å². The van der Waals surface area contributed by atoms with Gasteiger partial charge in [0.1, 0.15) is 6.04 Å². The number of benzene rings is 1. The molecule has 1 aromatic heterocycles. The number of hydrogen-bond acceptors (Lipinski definition) is 4. The third kappa shape index (κ3) is 3.94. The van der Waals surface area contributed by atoms with Crippen LogP contribution in [0.1, 0.15) is 42.9 Å². The third-order valence-corrected chi connectivity index (χ3v) is 5.81. The maximum atomic E-state index is 12.7. The number of rotatable bonds is 6. The Labute approximate surface area is 164 Å². The molecule has 28 heavy (non-hydrogen) atoms. The van der Waals surface area contributed by atoms with E-state index in [4.69, 9.17) is 0 Å². The first-order valence-corrected chi connectivity index (χ1v) is 9.94. The number of hydrogen-bond donors (Lipinski definition) is 1. The van der Waals surface area contributed by atoms with Gasteiger partial charge in [0.2, 0.25) is 5.91 Å². The Morgan fingerprint density at radius 1 is 1.18 bits per heavy atom. The molecule has 1 saturated heterocycles. The molecule has 1 atom stereocenters. The third-order valence-electron chi connectivity index (χ3n) is 5.81. The highest BCUT2D eigenvalue weighted by molar-refractivity contribution is 5.81. The molecule has 1 saturated carbocycles. The number of piperazine rings is 1. The van der Waals surface area contributed by atoms with Crippen LogP contribution in [-0.4, -0.2) is 62.2 Å². The highest BCUT2D eigenvalue weighted by atomic mass is 16.4. The maximum absolute atomic E-state index is 12.7. The molecule has 2 aliphatic rings. The Morgan fingerprint density at radius 3 is 2.61 bits per heavy atom. The van der Waals surface area contributed by atoms with Crippen LogP contribution in [0, 0.1) is 0 Å². The summed E-state index contributed by atoms with van der Waals surface area (Å²) in [5, 5.41) is 14.2. The molecule has 7 nitrogen and oxygen atoms in total. The van der Waals surface area contributed by atoms with E-state index < -0.39 is 12.0 Å². The van der Waals surface area contributed by atoms with Gasteiger partial charge in [-0.15, -0.1) is 0 Å². The van der Waals surface area contributed by atoms with Crippen LogP contribution in [0.15, 0.2) is 42.7 Å². The Bertz CT molecular complexity index is 829. The molecular weight excluding hydrogens is 356 g/mol. The van der Waals surface area contributed by atoms with Crippen molar-refractivity contribution >= 4 is 11.9 Å². The second kappa shape index (κ2) is 8.14. The summed E-state index contributed by atoms with van der Waals surface area (Å²) >= 11 is 0. The number of carboxylic acids is 1. The molecule has 4 rings (SSSR count). The molecule has 1 aliphatic carbocycles. The fourth-order valence-corrected chi connectivity index (χ4v) is 4.41. The van der Waals surface area contributed by atoms with Crippen LogP contribution in [0.5, 0.6) is 0 Å². The second-order valence-corrected chi connectivity index (χ2v) is 7.69. The van der Waals surface area contributed by atoms with E-state index in [-0.39, 0.29) is 12.5 Å². The standard InChI is InChI=1S/C21H26N4O3/c26-19-15-23(10-11-25(19)18-8-4-5-9-18)20(21(27)28)17-12-22-24(14-17)13-16-6-2-1-3-7-16/h1-3,6-7,12,14,18,20H,4-5,8-11,13,15H2,(H,27,28)/t20-/m0/s1. The van der Waals surface area contributed by atoms with Crippen molar-refractivity contribution in [3.8, 4) is 0 Å². The summed E-state index contributed by atoms with van der Waals surface area (Å²) in [6.07, 6.45) is 7.88. The molecule has 2 heterocycles. The van der Waals surface area contributed by atoms with Crippen molar-refractivity contribution in [3.05, 3.63) is 53.9 Å². The van der Waals surface area contributed by atoms with Crippen LogP contribution in [0.4, 0.5) is 0 Å². The van der Waals surface area contributed by atoms with E-state index in [1.165, 1.54) is 12.8 Å². The number of carboxylic acid groups (broad SMARTS) is 1. The molecule has 0 bridgehead atoms. The van der Waals surface area contributed by atoms with Crippen molar-refractivity contribution in [2.45, 2.75) is 44.3 Å². The number of carbonyl (C=O) groups is 2. The predicted molar refractivity (Wildman–Crippen MR) is 104 cm³/mol. The molecule has 1 N–H and O–H groups in total. The summed E-state index contributed by atoms with van der Waals surface area (Å²) in [6, 6.07) is 9.41. The highest BCUT2D eigenvalue weighted by Gasteiger charge is 2.37. The molecule has 1 aliphatic heterocycles. The summed E-state index contributed by atoms with van der Waals surface area (Å²) in [7, 11) is 0. The van der Waals surface area contributed by atoms with Crippen LogP contribution in [0.25, 0.3) is 0 Å². The van der Waals surface area contributed by atoms with Crippen LogP contribution in [-0.2, 0) is 16.1 Å². The van der Waals surface area contributed by atoms with E-state index >= 15 is 0 Å². The molecule has 1 amide bonds. The van der Waals surface area contributed by atoms with Crippen LogP contribution >= 0.6 is 0 Å². The van der Waals surface area contributed by atoms with E-state index in [2.05, 4.69) is 5.10 Å². The Kier molecular flexibility index (Phi) is 5.43. The zero-order valence-electron chi connectivity index (χ0n) is 15.9. The largest absolute Gasteiger partial charge is 0.480 e. The van der Waals surface area contributed by atoms with Gasteiger partial charge in [-0.25, -0.2) is 0 Å². The van der Waals surface area contributed by atoms with Gasteiger partial charge >= 0.3 is 5.97 Å². The van der Waals surface area contributed by atoms with Gasteiger partial charge in [0.25, 0.3) is 0 Å². The topological polar surface area (TPSA) is 78.7 Å². The Hall–Kier alpha value is -2.67. The van der Waals surface area contributed by atoms with Gasteiger partial charge in [0.15, 0.2) is 0 Å². The molecule has 2 aromatic rings. The first-order chi connectivity index (χ1) is 13.6. The van der Waals surface area contributed by atoms with Crippen molar-refractivity contribution in [2.24, 2.45) is 0 Å². The van der Waals surface area contributed by atoms with Crippen molar-refractivity contribution in [3.63, 3.8) is 0 Å². The lowest BCUT2D eigenvalue weighted by molar-refractivity contribution is -0.148. The summed E-state index contributed by atoms with van der Waals surface area (Å²) in [5.41, 5.74) is 1.72. The van der Waals surface area contributed by atoms with E-state index in [0.29, 0.717) is 31.2 Å². The van der Waals surface area contributed by atoms with Crippen molar-refractivity contribution in [2.75, 3.05) is 19.6 Å². The molecule has 1 aromatic carbocycles. The van der Waals surface area contributed by atoms with Gasteiger partial charge in [-0.3, -0.25) is 19.2 Å². The minimum Gasteiger partial charge on any atom is -0.480 e. The first kappa shape index (κ1) is 18.7. The van der Waals surface area contributed by atoms with Crippen molar-refractivity contribution < 1.29 is 14.7 Å². The molecule has 7 heteroatoms. The van der Waals surface area contributed by atoms with E-state index in [1.807, 2.05) is 35.2 Å². The van der Waals surface area contributed by atoms with E-state index in [9.17, 15) is 14.7 Å². The van der Waals surface area contributed by atoms with E-state index in [0.717, 1.165) is 18.4 Å². The number of carbonyl (C=O) groups excluding carboxylic acids is 1. The molecule has 148 valence electrons. The van der Waals surface area contributed by atoms with Gasteiger partial charge in [0, 0.05) is 30.9 Å². The van der Waals surface area contributed by atoms with Crippen LogP contribution < -0.4 is 0 Å². The van der Waals surface area contributed by atoms with Crippen molar-refractivity contribution in [1.82, 2.24) is 19.6 Å². The molecule has 0 radical (unpaired) electrons.